The lowest BCUT2D eigenvalue weighted by Gasteiger charge is -2.25. The van der Waals surface area contributed by atoms with Gasteiger partial charge in [-0.1, -0.05) is 44.2 Å². The Morgan fingerprint density at radius 2 is 1.73 bits per heavy atom. The van der Waals surface area contributed by atoms with Gasteiger partial charge in [-0.3, -0.25) is 9.59 Å². The smallest absolute Gasteiger partial charge is 0.248 e. The number of hydrogen-bond acceptors (Lipinski definition) is 3. The standard InChI is InChI=1S/C17H26N2O.C7H6FNO/c1-18(2)16-9-6-10-17(13-16)19(14-20)12-11-15-7-4-3-5-8-15;8-6-3-1-2-5(4-6)7(9)10/h6,9-10,13-15H,3-5,7-8,11-12H2,1-2H3;1-4H,(H2,9,10). The second-order valence-electron chi connectivity index (χ2n) is 7.88. The molecule has 0 unspecified atom stereocenters. The summed E-state index contributed by atoms with van der Waals surface area (Å²) >= 11 is 0. The Morgan fingerprint density at radius 1 is 1.07 bits per heavy atom. The normalized spacial score (nSPS) is 13.7. The Morgan fingerprint density at radius 3 is 2.30 bits per heavy atom. The molecule has 6 heteroatoms. The van der Waals surface area contributed by atoms with E-state index >= 15 is 0 Å². The van der Waals surface area contributed by atoms with Crippen molar-refractivity contribution < 1.29 is 14.0 Å². The summed E-state index contributed by atoms with van der Waals surface area (Å²) in [4.78, 5) is 25.7. The first-order valence-electron chi connectivity index (χ1n) is 10.5. The number of nitrogens with two attached hydrogens (primary N) is 1. The Labute approximate surface area is 178 Å². The molecule has 1 fully saturated rings. The fraction of sp³-hybridized carbons (Fsp3) is 0.417. The van der Waals surface area contributed by atoms with E-state index in [0.717, 1.165) is 42.7 Å². The quantitative estimate of drug-likeness (QED) is 0.674. The molecule has 0 saturated heterocycles. The van der Waals surface area contributed by atoms with Gasteiger partial charge in [-0.2, -0.15) is 0 Å². The van der Waals surface area contributed by atoms with Crippen LogP contribution in [0.1, 0.15) is 48.9 Å². The molecule has 162 valence electrons. The van der Waals surface area contributed by atoms with Gasteiger partial charge in [0.05, 0.1) is 0 Å². The number of amides is 2. The Hall–Kier alpha value is -2.89. The first-order valence-corrected chi connectivity index (χ1v) is 10.5. The number of carbonyl (C=O) groups is 2. The van der Waals surface area contributed by atoms with Crippen molar-refractivity contribution >= 4 is 23.7 Å². The van der Waals surface area contributed by atoms with Crippen molar-refractivity contribution in [3.05, 3.63) is 59.9 Å². The molecule has 2 aromatic carbocycles. The molecule has 0 radical (unpaired) electrons. The highest BCUT2D eigenvalue weighted by Crippen LogP contribution is 2.27. The van der Waals surface area contributed by atoms with Crippen molar-refractivity contribution in [3.63, 3.8) is 0 Å². The number of rotatable bonds is 7. The van der Waals surface area contributed by atoms with Crippen molar-refractivity contribution in [1.29, 1.82) is 0 Å². The van der Waals surface area contributed by atoms with Crippen LogP contribution in [0.15, 0.2) is 48.5 Å². The number of anilines is 2. The summed E-state index contributed by atoms with van der Waals surface area (Å²) < 4.78 is 12.3. The first-order chi connectivity index (χ1) is 14.4. The molecular formula is C24H32FN3O2. The monoisotopic (exact) mass is 413 g/mol. The molecule has 30 heavy (non-hydrogen) atoms. The number of primary amides is 1. The predicted octanol–water partition coefficient (Wildman–Crippen LogP) is 4.61. The molecule has 0 aromatic heterocycles. The minimum absolute atomic E-state index is 0.194. The average Bonchev–Trinajstić information content (AvgIpc) is 2.75. The molecule has 2 N–H and O–H groups in total. The van der Waals surface area contributed by atoms with Crippen LogP contribution in [-0.2, 0) is 4.79 Å². The highest BCUT2D eigenvalue weighted by atomic mass is 19.1. The summed E-state index contributed by atoms with van der Waals surface area (Å²) in [7, 11) is 4.04. The van der Waals surface area contributed by atoms with Gasteiger partial charge < -0.3 is 15.5 Å². The fourth-order valence-electron chi connectivity index (χ4n) is 3.63. The van der Waals surface area contributed by atoms with E-state index in [0.29, 0.717) is 0 Å². The predicted molar refractivity (Wildman–Crippen MR) is 120 cm³/mol. The van der Waals surface area contributed by atoms with Crippen LogP contribution in [0.4, 0.5) is 15.8 Å². The summed E-state index contributed by atoms with van der Waals surface area (Å²) in [5, 5.41) is 0. The molecule has 0 atom stereocenters. The number of halogens is 1. The molecule has 2 aromatic rings. The summed E-state index contributed by atoms with van der Waals surface area (Å²) in [6.07, 6.45) is 8.89. The minimum atomic E-state index is -0.612. The van der Waals surface area contributed by atoms with Gasteiger partial charge in [-0.25, -0.2) is 4.39 Å². The van der Waals surface area contributed by atoms with E-state index in [1.54, 1.807) is 0 Å². The van der Waals surface area contributed by atoms with Gasteiger partial charge in [-0.15, -0.1) is 0 Å². The third-order valence-corrected chi connectivity index (χ3v) is 5.42. The zero-order chi connectivity index (χ0) is 21.9. The van der Waals surface area contributed by atoms with Crippen LogP contribution in [0, 0.1) is 11.7 Å². The summed E-state index contributed by atoms with van der Waals surface area (Å²) in [6.45, 7) is 0.838. The lowest BCUT2D eigenvalue weighted by atomic mass is 9.87. The molecule has 1 saturated carbocycles. The Balaban J connectivity index is 0.000000269. The van der Waals surface area contributed by atoms with Gasteiger partial charge in [0.25, 0.3) is 0 Å². The second-order valence-corrected chi connectivity index (χ2v) is 7.88. The van der Waals surface area contributed by atoms with Crippen LogP contribution in [-0.4, -0.2) is 33.0 Å². The molecule has 3 rings (SSSR count). The lowest BCUT2D eigenvalue weighted by molar-refractivity contribution is -0.107. The van der Waals surface area contributed by atoms with Gasteiger partial charge in [0.15, 0.2) is 0 Å². The van der Waals surface area contributed by atoms with E-state index in [1.165, 1.54) is 50.3 Å². The molecule has 0 bridgehead atoms. The van der Waals surface area contributed by atoms with Crippen LogP contribution in [0.5, 0.6) is 0 Å². The summed E-state index contributed by atoms with van der Waals surface area (Å²) in [5.41, 5.74) is 7.20. The minimum Gasteiger partial charge on any atom is -0.378 e. The molecule has 0 heterocycles. The third kappa shape index (κ3) is 7.50. The van der Waals surface area contributed by atoms with Crippen molar-refractivity contribution in [1.82, 2.24) is 0 Å². The molecule has 0 aliphatic heterocycles. The van der Waals surface area contributed by atoms with Gasteiger partial charge in [0, 0.05) is 37.6 Å². The van der Waals surface area contributed by atoms with E-state index in [1.807, 2.05) is 31.1 Å². The third-order valence-electron chi connectivity index (χ3n) is 5.42. The summed E-state index contributed by atoms with van der Waals surface area (Å²) in [5.74, 6) is -0.251. The maximum absolute atomic E-state index is 12.3. The topological polar surface area (TPSA) is 66.6 Å². The first kappa shape index (κ1) is 23.4. The average molecular weight is 414 g/mol. The number of nitrogens with zero attached hydrogens (tertiary/aromatic N) is 2. The second kappa shape index (κ2) is 12.0. The highest BCUT2D eigenvalue weighted by molar-refractivity contribution is 5.92. The van der Waals surface area contributed by atoms with Crippen LogP contribution in [0.25, 0.3) is 0 Å². The molecule has 0 spiro atoms. The van der Waals surface area contributed by atoms with Crippen LogP contribution in [0.3, 0.4) is 0 Å². The van der Waals surface area contributed by atoms with Gasteiger partial charge in [-0.05, 0) is 48.7 Å². The Kier molecular flexibility index (Phi) is 9.32. The molecular weight excluding hydrogens is 381 g/mol. The van der Waals surface area contributed by atoms with Gasteiger partial charge >= 0.3 is 0 Å². The SMILES string of the molecule is CN(C)c1cccc(N(C=O)CCC2CCCCC2)c1.NC(=O)c1cccc(F)c1. The molecule has 2 amide bonds. The van der Waals surface area contributed by atoms with E-state index in [9.17, 15) is 14.0 Å². The van der Waals surface area contributed by atoms with E-state index in [2.05, 4.69) is 17.0 Å². The maximum Gasteiger partial charge on any atom is 0.248 e. The van der Waals surface area contributed by atoms with Crippen molar-refractivity contribution in [2.45, 2.75) is 38.5 Å². The zero-order valence-corrected chi connectivity index (χ0v) is 17.9. The number of carbonyl (C=O) groups excluding carboxylic acids is 2. The maximum atomic E-state index is 12.3. The largest absolute Gasteiger partial charge is 0.378 e. The van der Waals surface area contributed by atoms with Crippen molar-refractivity contribution in [3.8, 4) is 0 Å². The lowest BCUT2D eigenvalue weighted by Crippen LogP contribution is -2.25. The number of benzene rings is 2. The fourth-order valence-corrected chi connectivity index (χ4v) is 3.63. The van der Waals surface area contributed by atoms with Crippen LogP contribution < -0.4 is 15.5 Å². The van der Waals surface area contributed by atoms with Crippen molar-refractivity contribution in [2.75, 3.05) is 30.4 Å². The van der Waals surface area contributed by atoms with Crippen LogP contribution in [0.2, 0.25) is 0 Å². The van der Waals surface area contributed by atoms with E-state index in [-0.39, 0.29) is 5.56 Å². The number of hydrogen-bond donors (Lipinski definition) is 1. The highest BCUT2D eigenvalue weighted by Gasteiger charge is 2.15. The van der Waals surface area contributed by atoms with E-state index < -0.39 is 11.7 Å². The van der Waals surface area contributed by atoms with Crippen LogP contribution >= 0.6 is 0 Å². The molecule has 1 aliphatic rings. The van der Waals surface area contributed by atoms with Gasteiger partial charge in [0.1, 0.15) is 5.82 Å². The molecule has 1 aliphatic carbocycles. The van der Waals surface area contributed by atoms with E-state index in [4.69, 9.17) is 5.73 Å². The summed E-state index contributed by atoms with van der Waals surface area (Å²) in [6, 6.07) is 13.4. The zero-order valence-electron chi connectivity index (χ0n) is 17.9. The van der Waals surface area contributed by atoms with Gasteiger partial charge in [0.2, 0.25) is 12.3 Å². The Bertz CT molecular complexity index is 820. The molecule has 5 nitrogen and oxygen atoms in total. The van der Waals surface area contributed by atoms with Crippen molar-refractivity contribution in [2.24, 2.45) is 11.7 Å².